The minimum absolute atomic E-state index is 1.10. The molecule has 2 aromatic rings. The first-order chi connectivity index (χ1) is 6.79. The smallest absolute Gasteiger partial charge is 0.0407 e. The zero-order valence-corrected chi connectivity index (χ0v) is 8.49. The minimum atomic E-state index is 1.10. The quantitative estimate of drug-likeness (QED) is 0.660. The second kappa shape index (κ2) is 3.62. The third-order valence-corrected chi connectivity index (χ3v) is 2.54. The Morgan fingerprint density at radius 2 is 1.64 bits per heavy atom. The highest BCUT2D eigenvalue weighted by Crippen LogP contribution is 2.23. The minimum Gasteiger partial charge on any atom is -0.261 e. The Hall–Kier alpha value is -1.63. The number of pyridine rings is 1. The second-order valence-electron chi connectivity index (χ2n) is 3.43. The van der Waals surface area contributed by atoms with E-state index in [1.165, 1.54) is 16.7 Å². The molecule has 0 radical (unpaired) electrons. The number of nitrogens with zero attached hydrogens (tertiary/aromatic N) is 1. The summed E-state index contributed by atoms with van der Waals surface area (Å²) in [7, 11) is 0. The van der Waals surface area contributed by atoms with Gasteiger partial charge in [-0.3, -0.25) is 4.98 Å². The van der Waals surface area contributed by atoms with E-state index in [-0.39, 0.29) is 0 Å². The molecule has 0 saturated carbocycles. The van der Waals surface area contributed by atoms with E-state index < -0.39 is 0 Å². The average Bonchev–Trinajstić information content (AvgIpc) is 2.23. The summed E-state index contributed by atoms with van der Waals surface area (Å²) >= 11 is 0. The molecule has 0 amide bonds. The van der Waals surface area contributed by atoms with Gasteiger partial charge in [-0.1, -0.05) is 30.3 Å². The van der Waals surface area contributed by atoms with Gasteiger partial charge < -0.3 is 0 Å². The highest BCUT2D eigenvalue weighted by Gasteiger charge is 2.02. The molecule has 0 N–H and O–H groups in total. The largest absolute Gasteiger partial charge is 0.261 e. The fraction of sp³-hybridized carbons (Fsp3) is 0.154. The molecule has 0 aliphatic carbocycles. The van der Waals surface area contributed by atoms with E-state index in [4.69, 9.17) is 0 Å². The molecule has 1 nitrogen and oxygen atoms in total. The van der Waals surface area contributed by atoms with Gasteiger partial charge in [0.15, 0.2) is 0 Å². The van der Waals surface area contributed by atoms with Crippen molar-refractivity contribution in [2.75, 3.05) is 0 Å². The lowest BCUT2D eigenvalue weighted by atomic mass is 10.0. The summed E-state index contributed by atoms with van der Waals surface area (Å²) in [5.74, 6) is 0. The maximum atomic E-state index is 4.26. The van der Waals surface area contributed by atoms with Crippen LogP contribution in [-0.4, -0.2) is 4.98 Å². The number of benzene rings is 1. The standard InChI is InChI=1S/C13H13N/c1-10-11(2)14-9-8-13(10)12-6-4-3-5-7-12/h3-9H,1-2H3. The summed E-state index contributed by atoms with van der Waals surface area (Å²) in [6.07, 6.45) is 1.87. The van der Waals surface area contributed by atoms with E-state index >= 15 is 0 Å². The Balaban J connectivity index is 2.58. The van der Waals surface area contributed by atoms with E-state index in [0.29, 0.717) is 0 Å². The van der Waals surface area contributed by atoms with Crippen LogP contribution in [0.3, 0.4) is 0 Å². The SMILES string of the molecule is Cc1nccc(-c2ccccc2)c1C. The van der Waals surface area contributed by atoms with Gasteiger partial charge in [-0.2, -0.15) is 0 Å². The Bertz CT molecular complexity index is 432. The van der Waals surface area contributed by atoms with Gasteiger partial charge in [-0.15, -0.1) is 0 Å². The highest BCUT2D eigenvalue weighted by molar-refractivity contribution is 5.67. The summed E-state index contributed by atoms with van der Waals surface area (Å²) < 4.78 is 0. The predicted molar refractivity (Wildman–Crippen MR) is 59.1 cm³/mol. The first kappa shape index (κ1) is 8.95. The zero-order valence-electron chi connectivity index (χ0n) is 8.49. The van der Waals surface area contributed by atoms with E-state index in [2.05, 4.69) is 42.2 Å². The van der Waals surface area contributed by atoms with Crippen LogP contribution in [0.4, 0.5) is 0 Å². The van der Waals surface area contributed by atoms with Gasteiger partial charge in [0.05, 0.1) is 0 Å². The normalized spacial score (nSPS) is 10.1. The zero-order chi connectivity index (χ0) is 9.97. The van der Waals surface area contributed by atoms with Gasteiger partial charge in [0.1, 0.15) is 0 Å². The topological polar surface area (TPSA) is 12.9 Å². The molecule has 0 saturated heterocycles. The van der Waals surface area contributed by atoms with E-state index in [9.17, 15) is 0 Å². The number of hydrogen-bond acceptors (Lipinski definition) is 1. The Morgan fingerprint density at radius 1 is 0.929 bits per heavy atom. The molecule has 2 rings (SSSR count). The van der Waals surface area contributed by atoms with Gasteiger partial charge in [-0.25, -0.2) is 0 Å². The van der Waals surface area contributed by atoms with Crippen LogP contribution in [0, 0.1) is 13.8 Å². The van der Waals surface area contributed by atoms with Crippen LogP contribution >= 0.6 is 0 Å². The number of hydrogen-bond donors (Lipinski definition) is 0. The lowest BCUT2D eigenvalue weighted by Crippen LogP contribution is -1.89. The maximum absolute atomic E-state index is 4.26. The van der Waals surface area contributed by atoms with Gasteiger partial charge in [0.25, 0.3) is 0 Å². The van der Waals surface area contributed by atoms with Crippen LogP contribution in [0.2, 0.25) is 0 Å². The van der Waals surface area contributed by atoms with Gasteiger partial charge in [0.2, 0.25) is 0 Å². The van der Waals surface area contributed by atoms with E-state index in [0.717, 1.165) is 5.69 Å². The molecule has 0 bridgehead atoms. The molecule has 0 fully saturated rings. The Morgan fingerprint density at radius 3 is 2.36 bits per heavy atom. The van der Waals surface area contributed by atoms with Crippen LogP contribution < -0.4 is 0 Å². The summed E-state index contributed by atoms with van der Waals surface area (Å²) in [6.45, 7) is 4.16. The van der Waals surface area contributed by atoms with Crippen molar-refractivity contribution >= 4 is 0 Å². The fourth-order valence-electron chi connectivity index (χ4n) is 1.57. The lowest BCUT2D eigenvalue weighted by molar-refractivity contribution is 1.15. The number of rotatable bonds is 1. The van der Waals surface area contributed by atoms with Crippen LogP contribution in [-0.2, 0) is 0 Å². The molecule has 0 spiro atoms. The summed E-state index contributed by atoms with van der Waals surface area (Å²) in [6, 6.07) is 12.5. The maximum Gasteiger partial charge on any atom is 0.0407 e. The Kier molecular flexibility index (Phi) is 2.32. The highest BCUT2D eigenvalue weighted by atomic mass is 14.7. The van der Waals surface area contributed by atoms with Crippen LogP contribution in [0.25, 0.3) is 11.1 Å². The number of aromatic nitrogens is 1. The first-order valence-corrected chi connectivity index (χ1v) is 4.76. The van der Waals surface area contributed by atoms with Gasteiger partial charge >= 0.3 is 0 Å². The van der Waals surface area contributed by atoms with Crippen LogP contribution in [0.5, 0.6) is 0 Å². The molecule has 70 valence electrons. The van der Waals surface area contributed by atoms with E-state index in [1.54, 1.807) is 0 Å². The summed E-state index contributed by atoms with van der Waals surface area (Å²) in [5, 5.41) is 0. The predicted octanol–water partition coefficient (Wildman–Crippen LogP) is 3.37. The molecule has 0 aliphatic rings. The molecule has 0 atom stereocenters. The molecule has 0 aliphatic heterocycles. The van der Waals surface area contributed by atoms with Crippen molar-refractivity contribution in [1.29, 1.82) is 0 Å². The van der Waals surface area contributed by atoms with Crippen molar-refractivity contribution in [2.24, 2.45) is 0 Å². The van der Waals surface area contributed by atoms with Crippen LogP contribution in [0.15, 0.2) is 42.6 Å². The molecule has 1 heteroatoms. The molecular formula is C13H13N. The molecule has 14 heavy (non-hydrogen) atoms. The number of aryl methyl sites for hydroxylation is 1. The van der Waals surface area contributed by atoms with E-state index in [1.807, 2.05) is 19.2 Å². The first-order valence-electron chi connectivity index (χ1n) is 4.76. The molecule has 1 aromatic carbocycles. The average molecular weight is 183 g/mol. The third kappa shape index (κ3) is 1.53. The summed E-state index contributed by atoms with van der Waals surface area (Å²) in [4.78, 5) is 4.26. The monoisotopic (exact) mass is 183 g/mol. The molecule has 0 unspecified atom stereocenters. The van der Waals surface area contributed by atoms with Gasteiger partial charge in [0, 0.05) is 11.9 Å². The van der Waals surface area contributed by atoms with Crippen molar-refractivity contribution in [3.63, 3.8) is 0 Å². The lowest BCUT2D eigenvalue weighted by Gasteiger charge is -2.07. The Labute approximate surface area is 84.4 Å². The van der Waals surface area contributed by atoms with Crippen molar-refractivity contribution in [1.82, 2.24) is 4.98 Å². The molecule has 1 heterocycles. The molecular weight excluding hydrogens is 170 g/mol. The third-order valence-electron chi connectivity index (χ3n) is 2.54. The summed E-state index contributed by atoms with van der Waals surface area (Å²) in [5.41, 5.74) is 4.90. The second-order valence-corrected chi connectivity index (χ2v) is 3.43. The van der Waals surface area contributed by atoms with Crippen molar-refractivity contribution in [2.45, 2.75) is 13.8 Å². The fourth-order valence-corrected chi connectivity index (χ4v) is 1.57. The van der Waals surface area contributed by atoms with Crippen molar-refractivity contribution < 1.29 is 0 Å². The van der Waals surface area contributed by atoms with Crippen LogP contribution in [0.1, 0.15) is 11.3 Å². The molecule has 1 aromatic heterocycles. The van der Waals surface area contributed by atoms with Gasteiger partial charge in [-0.05, 0) is 36.6 Å². The van der Waals surface area contributed by atoms with Crippen molar-refractivity contribution in [3.05, 3.63) is 53.9 Å². The van der Waals surface area contributed by atoms with Crippen molar-refractivity contribution in [3.8, 4) is 11.1 Å².